The highest BCUT2D eigenvalue weighted by molar-refractivity contribution is 5.94. The van der Waals surface area contributed by atoms with Gasteiger partial charge in [0.15, 0.2) is 17.5 Å². The van der Waals surface area contributed by atoms with Gasteiger partial charge >= 0.3 is 0 Å². The van der Waals surface area contributed by atoms with Gasteiger partial charge in [-0.05, 0) is 25.8 Å². The topological polar surface area (TPSA) is 24.9 Å². The normalized spacial score (nSPS) is 11.1. The number of anilines is 1. The minimum Gasteiger partial charge on any atom is -0.384 e. The van der Waals surface area contributed by atoms with Crippen molar-refractivity contribution in [3.05, 3.63) is 34.8 Å². The van der Waals surface area contributed by atoms with Gasteiger partial charge in [-0.25, -0.2) is 13.2 Å². The number of nitrogens with zero attached hydrogens (tertiary/aromatic N) is 1. The summed E-state index contributed by atoms with van der Waals surface area (Å²) in [5, 5.41) is 3.05. The maximum atomic E-state index is 14.0. The predicted molar refractivity (Wildman–Crippen MR) is 69.9 cm³/mol. The summed E-state index contributed by atoms with van der Waals surface area (Å²) in [6.07, 6.45) is 0.634. The lowest BCUT2D eigenvalue weighted by molar-refractivity contribution is 0.453. The minimum atomic E-state index is -1.46. The van der Waals surface area contributed by atoms with Crippen LogP contribution < -0.4 is 5.32 Å². The Morgan fingerprint density at radius 3 is 2.42 bits per heavy atom. The van der Waals surface area contributed by atoms with Gasteiger partial charge in [-0.15, -0.1) is 0 Å². The first-order valence-electron chi connectivity index (χ1n) is 6.21. The van der Waals surface area contributed by atoms with E-state index in [-0.39, 0.29) is 10.9 Å². The molecule has 0 atom stereocenters. The van der Waals surface area contributed by atoms with Crippen LogP contribution >= 0.6 is 0 Å². The molecule has 0 amide bonds. The van der Waals surface area contributed by atoms with E-state index in [1.807, 2.05) is 13.8 Å². The zero-order valence-corrected chi connectivity index (χ0v) is 11.1. The molecule has 19 heavy (non-hydrogen) atoms. The predicted octanol–water partition coefficient (Wildman–Crippen LogP) is 3.95. The van der Waals surface area contributed by atoms with Crippen molar-refractivity contribution in [2.75, 3.05) is 11.9 Å². The summed E-state index contributed by atoms with van der Waals surface area (Å²) >= 11 is 0. The van der Waals surface area contributed by atoms with Gasteiger partial charge in [-0.3, -0.25) is 4.98 Å². The molecule has 0 bridgehead atoms. The Labute approximate surface area is 109 Å². The number of hydrogen-bond acceptors (Lipinski definition) is 2. The third-order valence-corrected chi connectivity index (χ3v) is 3.13. The van der Waals surface area contributed by atoms with Crippen molar-refractivity contribution in [1.29, 1.82) is 0 Å². The molecule has 0 spiro atoms. The number of rotatable bonds is 3. The van der Waals surface area contributed by atoms with Crippen molar-refractivity contribution in [1.82, 2.24) is 4.98 Å². The summed E-state index contributed by atoms with van der Waals surface area (Å²) in [5.41, 5.74) is 2.14. The monoisotopic (exact) mass is 268 g/mol. The molecule has 2 aromatic rings. The van der Waals surface area contributed by atoms with Crippen molar-refractivity contribution in [2.45, 2.75) is 27.2 Å². The Morgan fingerprint density at radius 2 is 1.84 bits per heavy atom. The standard InChI is InChI=1S/C14H15F3N2/c1-4-8-7(3)19-10-6-9(15)12(16)13(17)11(10)14(8)18-5-2/h6H,4-5H2,1-3H3,(H,18,19). The van der Waals surface area contributed by atoms with E-state index in [4.69, 9.17) is 0 Å². The van der Waals surface area contributed by atoms with Crippen LogP contribution in [0.2, 0.25) is 0 Å². The van der Waals surface area contributed by atoms with Gasteiger partial charge in [0.1, 0.15) is 0 Å². The maximum absolute atomic E-state index is 14.0. The number of benzene rings is 1. The lowest BCUT2D eigenvalue weighted by atomic mass is 10.0. The summed E-state index contributed by atoms with van der Waals surface area (Å²) in [6, 6.07) is 0.932. The number of fused-ring (bicyclic) bond motifs is 1. The zero-order valence-electron chi connectivity index (χ0n) is 11.1. The molecule has 2 nitrogen and oxygen atoms in total. The van der Waals surface area contributed by atoms with Crippen LogP contribution in [0.1, 0.15) is 25.1 Å². The number of aromatic nitrogens is 1. The molecule has 5 heteroatoms. The summed E-state index contributed by atoms with van der Waals surface area (Å²) < 4.78 is 40.7. The van der Waals surface area contributed by atoms with Gasteiger partial charge in [-0.1, -0.05) is 6.92 Å². The Kier molecular flexibility index (Phi) is 3.64. The van der Waals surface area contributed by atoms with Gasteiger partial charge in [-0.2, -0.15) is 0 Å². The number of nitrogens with one attached hydrogen (secondary N) is 1. The first-order chi connectivity index (χ1) is 9.01. The molecular formula is C14H15F3N2. The minimum absolute atomic E-state index is 0.0169. The second-order valence-electron chi connectivity index (χ2n) is 4.32. The molecule has 1 aromatic carbocycles. The van der Waals surface area contributed by atoms with E-state index in [9.17, 15) is 13.2 Å². The van der Waals surface area contributed by atoms with Crippen molar-refractivity contribution >= 4 is 16.6 Å². The first-order valence-corrected chi connectivity index (χ1v) is 6.21. The van der Waals surface area contributed by atoms with Crippen LogP contribution in [0.25, 0.3) is 10.9 Å². The molecule has 1 aromatic heterocycles. The average Bonchev–Trinajstić information content (AvgIpc) is 2.36. The van der Waals surface area contributed by atoms with E-state index in [0.717, 1.165) is 11.6 Å². The van der Waals surface area contributed by atoms with E-state index in [2.05, 4.69) is 10.3 Å². The second-order valence-corrected chi connectivity index (χ2v) is 4.32. The van der Waals surface area contributed by atoms with E-state index >= 15 is 0 Å². The number of aryl methyl sites for hydroxylation is 1. The molecule has 1 heterocycles. The third kappa shape index (κ3) is 2.13. The van der Waals surface area contributed by atoms with Crippen molar-refractivity contribution in [3.8, 4) is 0 Å². The van der Waals surface area contributed by atoms with Crippen LogP contribution in [-0.4, -0.2) is 11.5 Å². The first kappa shape index (κ1) is 13.6. The van der Waals surface area contributed by atoms with Crippen molar-refractivity contribution < 1.29 is 13.2 Å². The Morgan fingerprint density at radius 1 is 1.16 bits per heavy atom. The largest absolute Gasteiger partial charge is 0.384 e. The third-order valence-electron chi connectivity index (χ3n) is 3.13. The number of halogens is 3. The van der Waals surface area contributed by atoms with Crippen LogP contribution in [-0.2, 0) is 6.42 Å². The SMILES string of the molecule is CCNc1c(CC)c(C)nc2cc(F)c(F)c(F)c12. The Bertz CT molecular complexity index is 639. The van der Waals surface area contributed by atoms with Crippen LogP contribution in [0.3, 0.4) is 0 Å². The van der Waals surface area contributed by atoms with Crippen LogP contribution in [0, 0.1) is 24.4 Å². The van der Waals surface area contributed by atoms with Crippen LogP contribution in [0.15, 0.2) is 6.07 Å². The highest BCUT2D eigenvalue weighted by Gasteiger charge is 2.20. The molecule has 0 fully saturated rings. The van der Waals surface area contributed by atoms with Crippen molar-refractivity contribution in [3.63, 3.8) is 0 Å². The highest BCUT2D eigenvalue weighted by atomic mass is 19.2. The fourth-order valence-electron chi connectivity index (χ4n) is 2.29. The number of hydrogen-bond donors (Lipinski definition) is 1. The van der Waals surface area contributed by atoms with Gasteiger partial charge in [0.05, 0.1) is 16.6 Å². The van der Waals surface area contributed by atoms with Crippen LogP contribution in [0.5, 0.6) is 0 Å². The zero-order chi connectivity index (χ0) is 14.2. The second kappa shape index (κ2) is 5.07. The van der Waals surface area contributed by atoms with Gasteiger partial charge in [0, 0.05) is 18.3 Å². The lowest BCUT2D eigenvalue weighted by Gasteiger charge is -2.16. The average molecular weight is 268 g/mol. The molecule has 0 aliphatic heterocycles. The van der Waals surface area contributed by atoms with Crippen molar-refractivity contribution in [2.24, 2.45) is 0 Å². The van der Waals surface area contributed by atoms with E-state index in [1.165, 1.54) is 0 Å². The summed E-state index contributed by atoms with van der Waals surface area (Å²) in [7, 11) is 0. The highest BCUT2D eigenvalue weighted by Crippen LogP contribution is 2.32. The molecule has 0 unspecified atom stereocenters. The fraction of sp³-hybridized carbons (Fsp3) is 0.357. The lowest BCUT2D eigenvalue weighted by Crippen LogP contribution is -2.07. The maximum Gasteiger partial charge on any atom is 0.195 e. The molecule has 102 valence electrons. The molecular weight excluding hydrogens is 253 g/mol. The number of pyridine rings is 1. The summed E-state index contributed by atoms with van der Waals surface area (Å²) in [4.78, 5) is 4.17. The molecule has 1 N–H and O–H groups in total. The molecule has 0 aliphatic carbocycles. The Hall–Kier alpha value is -1.78. The molecule has 0 aliphatic rings. The molecule has 0 radical (unpaired) electrons. The van der Waals surface area contributed by atoms with E-state index in [1.54, 1.807) is 6.92 Å². The fourth-order valence-corrected chi connectivity index (χ4v) is 2.29. The smallest absolute Gasteiger partial charge is 0.195 e. The quantitative estimate of drug-likeness (QED) is 0.852. The molecule has 0 saturated heterocycles. The summed E-state index contributed by atoms with van der Waals surface area (Å²) in [6.45, 7) is 6.11. The van der Waals surface area contributed by atoms with Crippen LogP contribution in [0.4, 0.5) is 18.9 Å². The van der Waals surface area contributed by atoms with E-state index in [0.29, 0.717) is 24.3 Å². The van der Waals surface area contributed by atoms with Gasteiger partial charge in [0.25, 0.3) is 0 Å². The van der Waals surface area contributed by atoms with Gasteiger partial charge < -0.3 is 5.32 Å². The van der Waals surface area contributed by atoms with Gasteiger partial charge in [0.2, 0.25) is 0 Å². The van der Waals surface area contributed by atoms with E-state index < -0.39 is 17.5 Å². The molecule has 2 rings (SSSR count). The Balaban J connectivity index is 2.94. The molecule has 0 saturated carbocycles. The summed E-state index contributed by atoms with van der Waals surface area (Å²) in [5.74, 6) is -3.86.